The lowest BCUT2D eigenvalue weighted by atomic mass is 10.1. The van der Waals surface area contributed by atoms with Crippen molar-refractivity contribution < 1.29 is 14.3 Å². The highest BCUT2D eigenvalue weighted by molar-refractivity contribution is 5.94. The van der Waals surface area contributed by atoms with Gasteiger partial charge in [0, 0.05) is 38.3 Å². The number of carbonyl (C=O) groups excluding carboxylic acids is 2. The van der Waals surface area contributed by atoms with Crippen molar-refractivity contribution in [2.24, 2.45) is 0 Å². The molecule has 1 N–H and O–H groups in total. The van der Waals surface area contributed by atoms with E-state index in [1.807, 2.05) is 36.9 Å². The van der Waals surface area contributed by atoms with Gasteiger partial charge in [0.15, 0.2) is 0 Å². The van der Waals surface area contributed by atoms with Crippen molar-refractivity contribution in [1.82, 2.24) is 15.1 Å². The number of morpholine rings is 1. The summed E-state index contributed by atoms with van der Waals surface area (Å²) in [6, 6.07) is 5.81. The lowest BCUT2D eigenvalue weighted by Gasteiger charge is -2.31. The molecule has 6 heteroatoms. The predicted octanol–water partition coefficient (Wildman–Crippen LogP) is 0.966. The number of amides is 2. The Kier molecular flexibility index (Phi) is 5.71. The maximum Gasteiger partial charge on any atom is 0.251 e. The zero-order valence-corrected chi connectivity index (χ0v) is 15.1. The molecule has 2 aliphatic rings. The topological polar surface area (TPSA) is 61.9 Å². The van der Waals surface area contributed by atoms with Crippen LogP contribution in [-0.2, 0) is 9.53 Å². The van der Waals surface area contributed by atoms with E-state index in [4.69, 9.17) is 4.74 Å². The molecule has 1 unspecified atom stereocenters. The Labute approximate surface area is 149 Å². The van der Waals surface area contributed by atoms with Crippen molar-refractivity contribution in [3.05, 3.63) is 34.9 Å². The number of rotatable bonds is 5. The summed E-state index contributed by atoms with van der Waals surface area (Å²) in [6.45, 7) is 8.84. The molecule has 6 nitrogen and oxygen atoms in total. The maximum absolute atomic E-state index is 12.6. The minimum Gasteiger partial charge on any atom is -0.379 e. The zero-order chi connectivity index (χ0) is 17.8. The lowest BCUT2D eigenvalue weighted by molar-refractivity contribution is -0.133. The molecule has 0 spiro atoms. The van der Waals surface area contributed by atoms with E-state index >= 15 is 0 Å². The van der Waals surface area contributed by atoms with E-state index in [9.17, 15) is 9.59 Å². The van der Waals surface area contributed by atoms with Gasteiger partial charge in [0.05, 0.1) is 19.3 Å². The van der Waals surface area contributed by atoms with Crippen LogP contribution in [0.2, 0.25) is 0 Å². The number of likely N-dealkylation sites (tertiary alicyclic amines) is 1. The third-order valence-corrected chi connectivity index (χ3v) is 4.91. The second-order valence-electron chi connectivity index (χ2n) is 6.91. The Morgan fingerprint density at radius 3 is 2.52 bits per heavy atom. The van der Waals surface area contributed by atoms with Crippen molar-refractivity contribution in [2.75, 3.05) is 45.9 Å². The summed E-state index contributed by atoms with van der Waals surface area (Å²) in [6.07, 6.45) is 0.865. The monoisotopic (exact) mass is 345 g/mol. The van der Waals surface area contributed by atoms with Crippen LogP contribution in [0.3, 0.4) is 0 Å². The van der Waals surface area contributed by atoms with Crippen LogP contribution in [-0.4, -0.2) is 73.6 Å². The van der Waals surface area contributed by atoms with Gasteiger partial charge in [-0.25, -0.2) is 0 Å². The Balaban J connectivity index is 1.47. The van der Waals surface area contributed by atoms with Crippen LogP contribution in [0.15, 0.2) is 18.2 Å². The number of hydrogen-bond acceptors (Lipinski definition) is 4. The molecule has 0 saturated carbocycles. The highest BCUT2D eigenvalue weighted by Gasteiger charge is 2.36. The molecule has 0 aromatic heterocycles. The minimum atomic E-state index is -0.0804. The van der Waals surface area contributed by atoms with Crippen molar-refractivity contribution in [2.45, 2.75) is 26.3 Å². The smallest absolute Gasteiger partial charge is 0.251 e. The SMILES string of the molecule is Cc1cc(C)cc(C(=O)NCCN2CCC(N3CCOCC3)C2=O)c1. The number of ether oxygens (including phenoxy) is 1. The second-order valence-corrected chi connectivity index (χ2v) is 6.91. The Morgan fingerprint density at radius 2 is 1.84 bits per heavy atom. The minimum absolute atomic E-state index is 0.0148. The number of nitrogens with one attached hydrogen (secondary N) is 1. The van der Waals surface area contributed by atoms with Crippen LogP contribution < -0.4 is 5.32 Å². The Morgan fingerprint density at radius 1 is 1.16 bits per heavy atom. The molecule has 136 valence electrons. The predicted molar refractivity (Wildman–Crippen MR) is 95.6 cm³/mol. The van der Waals surface area contributed by atoms with Crippen LogP contribution in [0.25, 0.3) is 0 Å². The summed E-state index contributed by atoms with van der Waals surface area (Å²) in [5, 5.41) is 2.93. The fraction of sp³-hybridized carbons (Fsp3) is 0.579. The first kappa shape index (κ1) is 17.9. The summed E-state index contributed by atoms with van der Waals surface area (Å²) in [5.41, 5.74) is 2.83. The van der Waals surface area contributed by atoms with Gasteiger partial charge in [0.25, 0.3) is 5.91 Å². The van der Waals surface area contributed by atoms with Crippen LogP contribution in [0, 0.1) is 13.8 Å². The maximum atomic E-state index is 12.6. The largest absolute Gasteiger partial charge is 0.379 e. The summed E-state index contributed by atoms with van der Waals surface area (Å²) in [4.78, 5) is 28.9. The van der Waals surface area contributed by atoms with E-state index in [0.717, 1.165) is 37.2 Å². The molecule has 0 bridgehead atoms. The number of benzene rings is 1. The zero-order valence-electron chi connectivity index (χ0n) is 15.1. The molecule has 25 heavy (non-hydrogen) atoms. The third kappa shape index (κ3) is 4.38. The van der Waals surface area contributed by atoms with Crippen LogP contribution in [0.5, 0.6) is 0 Å². The van der Waals surface area contributed by atoms with Crippen LogP contribution in [0.4, 0.5) is 0 Å². The quantitative estimate of drug-likeness (QED) is 0.864. The first-order valence-corrected chi connectivity index (χ1v) is 9.01. The molecule has 3 rings (SSSR count). The second kappa shape index (κ2) is 7.97. The van der Waals surface area contributed by atoms with Gasteiger partial charge < -0.3 is 15.0 Å². The molecule has 1 aromatic rings. The number of carbonyl (C=O) groups is 2. The lowest BCUT2D eigenvalue weighted by Crippen LogP contribution is -2.48. The summed E-state index contributed by atoms with van der Waals surface area (Å²) in [5.74, 6) is 0.103. The molecule has 2 heterocycles. The van der Waals surface area contributed by atoms with Crippen LogP contribution >= 0.6 is 0 Å². The van der Waals surface area contributed by atoms with Gasteiger partial charge in [-0.15, -0.1) is 0 Å². The van der Waals surface area contributed by atoms with Gasteiger partial charge >= 0.3 is 0 Å². The Bertz CT molecular complexity index is 621. The van der Waals surface area contributed by atoms with Crippen LogP contribution in [0.1, 0.15) is 27.9 Å². The van der Waals surface area contributed by atoms with Gasteiger partial charge in [0.2, 0.25) is 5.91 Å². The molecular formula is C19H27N3O3. The van der Waals surface area contributed by atoms with Crippen molar-refractivity contribution in [3.8, 4) is 0 Å². The van der Waals surface area contributed by atoms with E-state index in [-0.39, 0.29) is 17.9 Å². The third-order valence-electron chi connectivity index (χ3n) is 4.91. The van der Waals surface area contributed by atoms with E-state index in [1.165, 1.54) is 0 Å². The molecule has 1 aromatic carbocycles. The standard InChI is InChI=1S/C19H27N3O3/c1-14-11-15(2)13-16(12-14)18(23)20-4-6-22-5-3-17(19(22)24)21-7-9-25-10-8-21/h11-13,17H,3-10H2,1-2H3,(H,20,23). The highest BCUT2D eigenvalue weighted by atomic mass is 16.5. The molecule has 0 radical (unpaired) electrons. The van der Waals surface area contributed by atoms with Gasteiger partial charge in [-0.05, 0) is 32.4 Å². The van der Waals surface area contributed by atoms with Gasteiger partial charge in [-0.3, -0.25) is 14.5 Å². The number of nitrogens with zero attached hydrogens (tertiary/aromatic N) is 2. The van der Waals surface area contributed by atoms with E-state index in [1.54, 1.807) is 0 Å². The molecule has 2 saturated heterocycles. The fourth-order valence-electron chi connectivity index (χ4n) is 3.68. The fourth-order valence-corrected chi connectivity index (χ4v) is 3.68. The molecule has 2 fully saturated rings. The van der Waals surface area contributed by atoms with Crippen molar-refractivity contribution in [3.63, 3.8) is 0 Å². The van der Waals surface area contributed by atoms with Gasteiger partial charge in [-0.2, -0.15) is 0 Å². The molecule has 0 aliphatic carbocycles. The highest BCUT2D eigenvalue weighted by Crippen LogP contribution is 2.18. The van der Waals surface area contributed by atoms with Gasteiger partial charge in [-0.1, -0.05) is 17.2 Å². The molecule has 2 aliphatic heterocycles. The van der Waals surface area contributed by atoms with E-state index in [2.05, 4.69) is 10.2 Å². The molecular weight excluding hydrogens is 318 g/mol. The summed E-state index contributed by atoms with van der Waals surface area (Å²) >= 11 is 0. The molecule has 2 amide bonds. The van der Waals surface area contributed by atoms with Gasteiger partial charge in [0.1, 0.15) is 0 Å². The number of aryl methyl sites for hydroxylation is 2. The average molecular weight is 345 g/mol. The first-order chi connectivity index (χ1) is 12.0. The first-order valence-electron chi connectivity index (χ1n) is 9.01. The normalized spacial score (nSPS) is 21.6. The Hall–Kier alpha value is -1.92. The number of hydrogen-bond donors (Lipinski definition) is 1. The van der Waals surface area contributed by atoms with Crippen molar-refractivity contribution >= 4 is 11.8 Å². The molecule has 1 atom stereocenters. The summed E-state index contributed by atoms with van der Waals surface area (Å²) < 4.78 is 5.36. The van der Waals surface area contributed by atoms with Crippen molar-refractivity contribution in [1.29, 1.82) is 0 Å². The average Bonchev–Trinajstić information content (AvgIpc) is 2.95. The summed E-state index contributed by atoms with van der Waals surface area (Å²) in [7, 11) is 0. The van der Waals surface area contributed by atoms with E-state index < -0.39 is 0 Å². The van der Waals surface area contributed by atoms with E-state index in [0.29, 0.717) is 31.9 Å².